The van der Waals surface area contributed by atoms with E-state index < -0.39 is 15.1 Å². The molecule has 0 radical (unpaired) electrons. The second kappa shape index (κ2) is 6.02. The van der Waals surface area contributed by atoms with Crippen LogP contribution in [0.1, 0.15) is 4.88 Å². The fourth-order valence-corrected chi connectivity index (χ4v) is 4.80. The van der Waals surface area contributed by atoms with Gasteiger partial charge >= 0.3 is 0 Å². The summed E-state index contributed by atoms with van der Waals surface area (Å²) < 4.78 is 24.9. The third-order valence-corrected chi connectivity index (χ3v) is 6.92. The van der Waals surface area contributed by atoms with Crippen molar-refractivity contribution in [3.8, 4) is 0 Å². The van der Waals surface area contributed by atoms with Gasteiger partial charge in [0.05, 0.1) is 11.3 Å². The van der Waals surface area contributed by atoms with E-state index >= 15 is 0 Å². The van der Waals surface area contributed by atoms with Crippen LogP contribution < -0.4 is 0 Å². The van der Waals surface area contributed by atoms with Gasteiger partial charge in [0.15, 0.2) is 9.84 Å². The lowest BCUT2D eigenvalue weighted by Gasteiger charge is -2.38. The van der Waals surface area contributed by atoms with E-state index in [2.05, 4.69) is 0 Å². The minimum Gasteiger partial charge on any atom is -0.340 e. The molecule has 1 aliphatic heterocycles. The first kappa shape index (κ1) is 15.5. The summed E-state index contributed by atoms with van der Waals surface area (Å²) in [7, 11) is -3.40. The van der Waals surface area contributed by atoms with Gasteiger partial charge in [0.1, 0.15) is 5.25 Å². The van der Waals surface area contributed by atoms with Gasteiger partial charge in [-0.05, 0) is 35.7 Å². The Hall–Kier alpha value is -1.37. The molecular formula is C15H14ClNO3S2. The number of hydrogen-bond acceptors (Lipinski definition) is 4. The lowest BCUT2D eigenvalue weighted by Crippen LogP contribution is -2.57. The van der Waals surface area contributed by atoms with Gasteiger partial charge < -0.3 is 4.90 Å². The molecule has 1 amide bonds. The van der Waals surface area contributed by atoms with E-state index in [0.717, 1.165) is 4.88 Å². The molecule has 22 heavy (non-hydrogen) atoms. The Kier molecular flexibility index (Phi) is 4.25. The van der Waals surface area contributed by atoms with Crippen LogP contribution in [0.2, 0.25) is 5.02 Å². The quantitative estimate of drug-likeness (QED) is 0.847. The van der Waals surface area contributed by atoms with Gasteiger partial charge in [-0.3, -0.25) is 4.79 Å². The predicted octanol–water partition coefficient (Wildman–Crippen LogP) is 2.63. The number of sulfone groups is 1. The van der Waals surface area contributed by atoms with Gasteiger partial charge in [0.2, 0.25) is 5.91 Å². The number of nitrogens with zero attached hydrogens (tertiary/aromatic N) is 1. The van der Waals surface area contributed by atoms with Crippen molar-refractivity contribution in [2.45, 2.75) is 16.6 Å². The largest absolute Gasteiger partial charge is 0.340 e. The molecule has 4 nitrogen and oxygen atoms in total. The number of likely N-dealkylation sites (tertiary alicyclic amines) is 1. The number of carbonyl (C=O) groups excluding carboxylic acids is 1. The number of amides is 1. The molecule has 0 spiro atoms. The zero-order valence-corrected chi connectivity index (χ0v) is 14.0. The van der Waals surface area contributed by atoms with Gasteiger partial charge in [0, 0.05) is 23.0 Å². The molecular weight excluding hydrogens is 342 g/mol. The molecule has 1 aliphatic rings. The Morgan fingerprint density at radius 1 is 1.23 bits per heavy atom. The summed E-state index contributed by atoms with van der Waals surface area (Å²) >= 11 is 7.30. The normalized spacial score (nSPS) is 15.6. The van der Waals surface area contributed by atoms with Crippen molar-refractivity contribution in [1.82, 2.24) is 4.90 Å². The summed E-state index contributed by atoms with van der Waals surface area (Å²) in [5.74, 6) is -0.0231. The summed E-state index contributed by atoms with van der Waals surface area (Å²) in [6.45, 7) is 0.518. The Morgan fingerprint density at radius 2 is 1.91 bits per heavy atom. The van der Waals surface area contributed by atoms with Gasteiger partial charge in [-0.2, -0.15) is 0 Å². The van der Waals surface area contributed by atoms with Crippen LogP contribution in [0.5, 0.6) is 0 Å². The smallest absolute Gasteiger partial charge is 0.227 e. The van der Waals surface area contributed by atoms with E-state index in [1.807, 2.05) is 17.5 Å². The van der Waals surface area contributed by atoms with E-state index in [1.54, 1.807) is 17.0 Å². The van der Waals surface area contributed by atoms with E-state index in [9.17, 15) is 13.2 Å². The van der Waals surface area contributed by atoms with Crippen LogP contribution in [0.15, 0.2) is 46.7 Å². The van der Waals surface area contributed by atoms with Crippen LogP contribution in [-0.2, 0) is 21.1 Å². The summed E-state index contributed by atoms with van der Waals surface area (Å²) in [4.78, 5) is 14.9. The van der Waals surface area contributed by atoms with Crippen molar-refractivity contribution in [1.29, 1.82) is 0 Å². The maximum Gasteiger partial charge on any atom is 0.227 e. The highest BCUT2D eigenvalue weighted by Gasteiger charge is 2.40. The van der Waals surface area contributed by atoms with E-state index in [4.69, 9.17) is 11.6 Å². The first-order valence-electron chi connectivity index (χ1n) is 6.76. The fraction of sp³-hybridized carbons (Fsp3) is 0.267. The molecule has 0 atom stereocenters. The molecule has 2 aromatic rings. The maximum atomic E-state index is 12.4. The molecule has 0 bridgehead atoms. The minimum absolute atomic E-state index is 0.0231. The summed E-state index contributed by atoms with van der Waals surface area (Å²) in [6, 6.07) is 9.95. The fourth-order valence-electron chi connectivity index (χ4n) is 2.33. The number of hydrogen-bond donors (Lipinski definition) is 0. The second-order valence-electron chi connectivity index (χ2n) is 5.18. The Morgan fingerprint density at radius 3 is 2.50 bits per heavy atom. The molecule has 0 unspecified atom stereocenters. The molecule has 1 aromatic heterocycles. The molecule has 0 N–H and O–H groups in total. The van der Waals surface area contributed by atoms with E-state index in [-0.39, 0.29) is 23.9 Å². The van der Waals surface area contributed by atoms with Gasteiger partial charge in [-0.15, -0.1) is 11.3 Å². The van der Waals surface area contributed by atoms with Crippen molar-refractivity contribution in [3.05, 3.63) is 51.7 Å². The third-order valence-electron chi connectivity index (χ3n) is 3.69. The first-order valence-corrected chi connectivity index (χ1v) is 9.57. The van der Waals surface area contributed by atoms with Gasteiger partial charge in [0.25, 0.3) is 0 Å². The average Bonchev–Trinajstić information content (AvgIpc) is 2.90. The van der Waals surface area contributed by atoms with E-state index in [1.165, 1.54) is 23.5 Å². The van der Waals surface area contributed by atoms with Crippen LogP contribution in [-0.4, -0.2) is 37.6 Å². The molecule has 2 heterocycles. The zero-order chi connectivity index (χ0) is 15.7. The lowest BCUT2D eigenvalue weighted by molar-refractivity contribution is -0.133. The average molecular weight is 356 g/mol. The Labute approximate surface area is 138 Å². The SMILES string of the molecule is O=C(Cc1cccs1)N1CC(S(=O)(=O)c2ccc(Cl)cc2)C1. The van der Waals surface area contributed by atoms with Crippen molar-refractivity contribution in [2.24, 2.45) is 0 Å². The molecule has 1 aromatic carbocycles. The van der Waals surface area contributed by atoms with Crippen molar-refractivity contribution in [3.63, 3.8) is 0 Å². The van der Waals surface area contributed by atoms with Gasteiger partial charge in [-0.1, -0.05) is 17.7 Å². The van der Waals surface area contributed by atoms with Crippen molar-refractivity contribution in [2.75, 3.05) is 13.1 Å². The number of rotatable bonds is 4. The molecule has 0 saturated carbocycles. The van der Waals surface area contributed by atoms with Crippen LogP contribution in [0.4, 0.5) is 0 Å². The Bertz CT molecular complexity index is 764. The van der Waals surface area contributed by atoms with Crippen LogP contribution in [0, 0.1) is 0 Å². The highest BCUT2D eigenvalue weighted by molar-refractivity contribution is 7.92. The first-order chi connectivity index (χ1) is 10.5. The summed E-state index contributed by atoms with van der Waals surface area (Å²) in [5.41, 5.74) is 0. The Balaban J connectivity index is 1.62. The zero-order valence-electron chi connectivity index (χ0n) is 11.6. The molecule has 0 aliphatic carbocycles. The minimum atomic E-state index is -3.40. The van der Waals surface area contributed by atoms with Crippen LogP contribution in [0.25, 0.3) is 0 Å². The molecule has 1 saturated heterocycles. The van der Waals surface area contributed by atoms with Crippen molar-refractivity contribution < 1.29 is 13.2 Å². The monoisotopic (exact) mass is 355 g/mol. The third kappa shape index (κ3) is 3.04. The van der Waals surface area contributed by atoms with Crippen LogP contribution >= 0.6 is 22.9 Å². The molecule has 1 fully saturated rings. The molecule has 7 heteroatoms. The topological polar surface area (TPSA) is 54.5 Å². The molecule has 116 valence electrons. The number of benzene rings is 1. The highest BCUT2D eigenvalue weighted by Crippen LogP contribution is 2.25. The summed E-state index contributed by atoms with van der Waals surface area (Å²) in [5, 5.41) is 1.90. The van der Waals surface area contributed by atoms with Crippen molar-refractivity contribution >= 4 is 38.7 Å². The van der Waals surface area contributed by atoms with E-state index in [0.29, 0.717) is 11.4 Å². The maximum absolute atomic E-state index is 12.4. The summed E-state index contributed by atoms with van der Waals surface area (Å²) in [6.07, 6.45) is 0.339. The van der Waals surface area contributed by atoms with Crippen LogP contribution in [0.3, 0.4) is 0 Å². The number of thiophene rings is 1. The lowest BCUT2D eigenvalue weighted by atomic mass is 10.2. The second-order valence-corrected chi connectivity index (χ2v) is 8.87. The number of carbonyl (C=O) groups is 1. The number of halogens is 1. The molecule has 3 rings (SSSR count). The highest BCUT2D eigenvalue weighted by atomic mass is 35.5. The standard InChI is InChI=1S/C15H14ClNO3S2/c16-11-3-5-13(6-4-11)22(19,20)14-9-17(10-14)15(18)8-12-2-1-7-21-12/h1-7,14H,8-10H2. The van der Waals surface area contributed by atoms with Gasteiger partial charge in [-0.25, -0.2) is 8.42 Å². The predicted molar refractivity (Wildman–Crippen MR) is 87.0 cm³/mol.